The van der Waals surface area contributed by atoms with Crippen LogP contribution in [-0.2, 0) is 21.3 Å². The highest BCUT2D eigenvalue weighted by Crippen LogP contribution is 2.26. The molecule has 0 aromatic carbocycles. The number of morpholine rings is 1. The van der Waals surface area contributed by atoms with Crippen LogP contribution in [0, 0.1) is 0 Å². The van der Waals surface area contributed by atoms with Crippen LogP contribution in [0.4, 0.5) is 0 Å². The van der Waals surface area contributed by atoms with Crippen LogP contribution in [0.5, 0.6) is 0 Å². The van der Waals surface area contributed by atoms with Crippen molar-refractivity contribution in [1.82, 2.24) is 19.8 Å². The molecule has 0 aliphatic carbocycles. The van der Waals surface area contributed by atoms with E-state index in [0.717, 1.165) is 0 Å². The molecule has 0 bridgehead atoms. The van der Waals surface area contributed by atoms with Gasteiger partial charge in [0, 0.05) is 25.2 Å². The van der Waals surface area contributed by atoms with Gasteiger partial charge in [0.15, 0.2) is 5.03 Å². The number of nitrogens with one attached hydrogen (secondary N) is 2. The van der Waals surface area contributed by atoms with Gasteiger partial charge in [-0.15, -0.1) is 0 Å². The number of rotatable bonds is 4. The van der Waals surface area contributed by atoms with Crippen molar-refractivity contribution in [2.24, 2.45) is 0 Å². The molecule has 114 valence electrons. The zero-order valence-electron chi connectivity index (χ0n) is 12.3. The van der Waals surface area contributed by atoms with Gasteiger partial charge in [-0.1, -0.05) is 0 Å². The molecule has 0 saturated carbocycles. The molecule has 1 aromatic rings. The third-order valence-electron chi connectivity index (χ3n) is 3.18. The monoisotopic (exact) mass is 302 g/mol. The molecule has 20 heavy (non-hydrogen) atoms. The molecule has 7 nitrogen and oxygen atoms in total. The summed E-state index contributed by atoms with van der Waals surface area (Å²) < 4.78 is 32.7. The van der Waals surface area contributed by atoms with Crippen LogP contribution in [0.3, 0.4) is 0 Å². The lowest BCUT2D eigenvalue weighted by molar-refractivity contribution is -0.109. The molecule has 2 heterocycles. The Hall–Kier alpha value is -0.960. The van der Waals surface area contributed by atoms with E-state index in [0.29, 0.717) is 25.2 Å². The molecule has 1 aliphatic rings. The first-order valence-corrected chi connectivity index (χ1v) is 8.05. The molecular formula is C12H22N4O3S. The number of ether oxygens (including phenoxy) is 1. The highest BCUT2D eigenvalue weighted by Gasteiger charge is 2.39. The lowest BCUT2D eigenvalue weighted by Gasteiger charge is -2.40. The Morgan fingerprint density at radius 1 is 1.60 bits per heavy atom. The Kier molecular flexibility index (Phi) is 4.19. The van der Waals surface area contributed by atoms with Gasteiger partial charge in [0.25, 0.3) is 10.0 Å². The lowest BCUT2D eigenvalue weighted by atomic mass is 10.1. The van der Waals surface area contributed by atoms with Crippen molar-refractivity contribution in [1.29, 1.82) is 0 Å². The largest absolute Gasteiger partial charge is 0.370 e. The molecule has 0 spiro atoms. The third-order valence-corrected chi connectivity index (χ3v) is 5.01. The van der Waals surface area contributed by atoms with Gasteiger partial charge in [-0.05, 0) is 27.8 Å². The highest BCUT2D eigenvalue weighted by molar-refractivity contribution is 7.89. The number of hydrogen-bond acceptors (Lipinski definition) is 5. The molecule has 1 fully saturated rings. The van der Waals surface area contributed by atoms with Crippen molar-refractivity contribution < 1.29 is 13.2 Å². The van der Waals surface area contributed by atoms with Crippen LogP contribution >= 0.6 is 0 Å². The normalized spacial score (nSPS) is 23.9. The summed E-state index contributed by atoms with van der Waals surface area (Å²) in [4.78, 5) is 0. The fourth-order valence-corrected chi connectivity index (χ4v) is 4.32. The van der Waals surface area contributed by atoms with Crippen LogP contribution in [-0.4, -0.2) is 54.8 Å². The topological polar surface area (TPSA) is 87.3 Å². The average Bonchev–Trinajstić information content (AvgIpc) is 2.75. The predicted octanol–water partition coefficient (Wildman–Crippen LogP) is 0.317. The van der Waals surface area contributed by atoms with Crippen molar-refractivity contribution in [3.63, 3.8) is 0 Å². The van der Waals surface area contributed by atoms with E-state index in [9.17, 15) is 8.42 Å². The van der Waals surface area contributed by atoms with Crippen LogP contribution in [0.1, 0.15) is 26.3 Å². The second kappa shape index (κ2) is 5.44. The van der Waals surface area contributed by atoms with Gasteiger partial charge < -0.3 is 10.1 Å². The molecule has 2 N–H and O–H groups in total. The molecule has 2 rings (SSSR count). The van der Waals surface area contributed by atoms with Crippen LogP contribution in [0.25, 0.3) is 0 Å². The van der Waals surface area contributed by atoms with Crippen molar-refractivity contribution in [2.45, 2.75) is 44.0 Å². The van der Waals surface area contributed by atoms with E-state index in [4.69, 9.17) is 4.74 Å². The quantitative estimate of drug-likeness (QED) is 0.836. The lowest BCUT2D eigenvalue weighted by Crippen LogP contribution is -2.53. The smallest absolute Gasteiger partial charge is 0.260 e. The first-order valence-electron chi connectivity index (χ1n) is 6.61. The molecule has 1 saturated heterocycles. The number of aromatic nitrogens is 2. The first-order chi connectivity index (χ1) is 9.26. The Labute approximate surface area is 119 Å². The summed E-state index contributed by atoms with van der Waals surface area (Å²) in [5.41, 5.74) is 0.151. The van der Waals surface area contributed by atoms with Crippen molar-refractivity contribution in [3.05, 3.63) is 11.8 Å². The minimum Gasteiger partial charge on any atom is -0.370 e. The Morgan fingerprint density at radius 3 is 2.90 bits per heavy atom. The van der Waals surface area contributed by atoms with Gasteiger partial charge in [-0.25, -0.2) is 8.42 Å². The van der Waals surface area contributed by atoms with Gasteiger partial charge in [0.05, 0.1) is 17.9 Å². The van der Waals surface area contributed by atoms with E-state index in [2.05, 4.69) is 15.5 Å². The number of hydrogen-bond donors (Lipinski definition) is 2. The van der Waals surface area contributed by atoms with Gasteiger partial charge in [-0.3, -0.25) is 5.10 Å². The summed E-state index contributed by atoms with van der Waals surface area (Å²) in [6, 6.07) is 0. The molecule has 1 aromatic heterocycles. The number of H-pyrrole nitrogens is 1. The van der Waals surface area contributed by atoms with E-state index in [-0.39, 0.29) is 11.1 Å². The molecule has 0 radical (unpaired) electrons. The summed E-state index contributed by atoms with van der Waals surface area (Å²) in [5, 5.41) is 9.57. The minimum atomic E-state index is -3.58. The van der Waals surface area contributed by atoms with Gasteiger partial charge in [-0.2, -0.15) is 9.40 Å². The van der Waals surface area contributed by atoms with Crippen LogP contribution < -0.4 is 5.32 Å². The molecule has 0 amide bonds. The molecule has 1 unspecified atom stereocenters. The van der Waals surface area contributed by atoms with Crippen molar-refractivity contribution >= 4 is 10.0 Å². The SMILES string of the molecule is CNCc1cn[nH]c1S(=O)(=O)N1CC(C)OC(C)(C)C1. The highest BCUT2D eigenvalue weighted by atomic mass is 32.2. The van der Waals surface area contributed by atoms with Gasteiger partial charge >= 0.3 is 0 Å². The predicted molar refractivity (Wildman–Crippen MR) is 74.7 cm³/mol. The number of aromatic amines is 1. The van der Waals surface area contributed by atoms with E-state index in [1.807, 2.05) is 20.8 Å². The second-order valence-electron chi connectivity index (χ2n) is 5.74. The maximum atomic E-state index is 12.7. The van der Waals surface area contributed by atoms with Crippen LogP contribution in [0.15, 0.2) is 11.2 Å². The summed E-state index contributed by atoms with van der Waals surface area (Å²) >= 11 is 0. The maximum Gasteiger partial charge on any atom is 0.260 e. The van der Waals surface area contributed by atoms with Crippen molar-refractivity contribution in [2.75, 3.05) is 20.1 Å². The van der Waals surface area contributed by atoms with E-state index in [1.54, 1.807) is 13.2 Å². The Bertz CT molecular complexity index is 567. The van der Waals surface area contributed by atoms with E-state index in [1.165, 1.54) is 4.31 Å². The summed E-state index contributed by atoms with van der Waals surface area (Å²) in [6.45, 7) is 6.81. The Balaban J connectivity index is 2.32. The molecule has 1 aliphatic heterocycles. The zero-order chi connectivity index (χ0) is 15.0. The van der Waals surface area contributed by atoms with Crippen molar-refractivity contribution in [3.8, 4) is 0 Å². The molecular weight excluding hydrogens is 280 g/mol. The van der Waals surface area contributed by atoms with E-state index < -0.39 is 15.6 Å². The average molecular weight is 302 g/mol. The fraction of sp³-hybridized carbons (Fsp3) is 0.750. The van der Waals surface area contributed by atoms with E-state index >= 15 is 0 Å². The standard InChI is InChI=1S/C12H22N4O3S/c1-9-7-16(8-12(2,3)19-9)20(17,18)11-10(5-13-4)6-14-15-11/h6,9,13H,5,7-8H2,1-4H3,(H,14,15). The second-order valence-corrected chi connectivity index (χ2v) is 7.62. The zero-order valence-corrected chi connectivity index (χ0v) is 13.1. The summed E-state index contributed by atoms with van der Waals surface area (Å²) in [5.74, 6) is 0. The molecule has 1 atom stereocenters. The minimum absolute atomic E-state index is 0.135. The van der Waals surface area contributed by atoms with Crippen LogP contribution in [0.2, 0.25) is 0 Å². The Morgan fingerprint density at radius 2 is 2.30 bits per heavy atom. The van der Waals surface area contributed by atoms with Gasteiger partial charge in [0.1, 0.15) is 0 Å². The fourth-order valence-electron chi connectivity index (χ4n) is 2.55. The number of sulfonamides is 1. The molecule has 8 heteroatoms. The maximum absolute atomic E-state index is 12.7. The summed E-state index contributed by atoms with van der Waals surface area (Å²) in [6.07, 6.45) is 1.41. The third kappa shape index (κ3) is 3.03. The number of nitrogens with zero attached hydrogens (tertiary/aromatic N) is 2. The first kappa shape index (κ1) is 15.4. The van der Waals surface area contributed by atoms with Gasteiger partial charge in [0.2, 0.25) is 0 Å². The summed E-state index contributed by atoms with van der Waals surface area (Å²) in [7, 11) is -1.81.